The van der Waals surface area contributed by atoms with Crippen LogP contribution in [0.15, 0.2) is 18.2 Å². The number of nitrogens with one attached hydrogen (secondary N) is 1. The number of benzene rings is 1. The van der Waals surface area contributed by atoms with Crippen LogP contribution in [0.5, 0.6) is 5.75 Å². The maximum atomic E-state index is 11.0. The zero-order valence-corrected chi connectivity index (χ0v) is 11.4. The smallest absolute Gasteiger partial charge is 0.307 e. The quantitative estimate of drug-likeness (QED) is 0.790. The van der Waals surface area contributed by atoms with Crippen LogP contribution in [0.4, 0.5) is 5.69 Å². The Morgan fingerprint density at radius 3 is 2.61 bits per heavy atom. The molecular weight excluding hydrogens is 230 g/mol. The van der Waals surface area contributed by atoms with Gasteiger partial charge in [0.2, 0.25) is 0 Å². The van der Waals surface area contributed by atoms with E-state index in [4.69, 9.17) is 4.74 Å². The number of rotatable bonds is 6. The number of esters is 1. The first kappa shape index (κ1) is 14.4. The second-order valence-electron chi connectivity index (χ2n) is 4.37. The maximum Gasteiger partial charge on any atom is 0.307 e. The molecule has 1 rings (SSSR count). The molecule has 0 aliphatic carbocycles. The minimum atomic E-state index is -0.221. The second-order valence-corrected chi connectivity index (χ2v) is 4.37. The van der Waals surface area contributed by atoms with Gasteiger partial charge < -0.3 is 14.8 Å². The van der Waals surface area contributed by atoms with Crippen LogP contribution in [-0.2, 0) is 9.53 Å². The summed E-state index contributed by atoms with van der Waals surface area (Å²) in [5.74, 6) is 1.02. The average Bonchev–Trinajstić information content (AvgIpc) is 2.38. The van der Waals surface area contributed by atoms with E-state index in [9.17, 15) is 4.79 Å². The first-order valence-corrected chi connectivity index (χ1v) is 6.07. The topological polar surface area (TPSA) is 47.6 Å². The summed E-state index contributed by atoms with van der Waals surface area (Å²) in [5, 5.41) is 3.20. The second kappa shape index (κ2) is 6.89. The highest BCUT2D eigenvalue weighted by atomic mass is 16.5. The molecule has 0 fully saturated rings. The van der Waals surface area contributed by atoms with E-state index in [1.165, 1.54) is 12.7 Å². The van der Waals surface area contributed by atoms with E-state index in [-0.39, 0.29) is 5.97 Å². The van der Waals surface area contributed by atoms with E-state index < -0.39 is 0 Å². The first-order valence-electron chi connectivity index (χ1n) is 6.07. The normalized spacial score (nSPS) is 10.3. The number of carbonyl (C=O) groups is 1. The Hall–Kier alpha value is -1.71. The number of ether oxygens (including phenoxy) is 2. The molecule has 1 aromatic carbocycles. The van der Waals surface area contributed by atoms with Gasteiger partial charge in [-0.3, -0.25) is 4.79 Å². The number of methoxy groups -OCH3 is 2. The lowest BCUT2D eigenvalue weighted by atomic mass is 10.0. The fourth-order valence-electron chi connectivity index (χ4n) is 1.62. The van der Waals surface area contributed by atoms with Gasteiger partial charge in [0.25, 0.3) is 0 Å². The van der Waals surface area contributed by atoms with E-state index in [2.05, 4.69) is 36.0 Å². The number of hydrogen-bond donors (Lipinski definition) is 1. The summed E-state index contributed by atoms with van der Waals surface area (Å²) in [4.78, 5) is 11.0. The molecule has 0 bridgehead atoms. The lowest BCUT2D eigenvalue weighted by Gasteiger charge is -2.14. The van der Waals surface area contributed by atoms with Crippen molar-refractivity contribution in [3.8, 4) is 5.75 Å². The van der Waals surface area contributed by atoms with Gasteiger partial charge in [0, 0.05) is 6.54 Å². The molecule has 0 saturated heterocycles. The van der Waals surface area contributed by atoms with Crippen molar-refractivity contribution < 1.29 is 14.3 Å². The molecule has 0 radical (unpaired) electrons. The van der Waals surface area contributed by atoms with Crippen molar-refractivity contribution in [3.63, 3.8) is 0 Å². The SMILES string of the molecule is COC(=O)CCNc1cc(C(C)C)ccc1OC. The summed E-state index contributed by atoms with van der Waals surface area (Å²) in [5.41, 5.74) is 2.14. The molecule has 0 spiro atoms. The molecular formula is C14H21NO3. The van der Waals surface area contributed by atoms with Gasteiger partial charge in [-0.05, 0) is 23.6 Å². The fourth-order valence-corrected chi connectivity index (χ4v) is 1.62. The van der Waals surface area contributed by atoms with Gasteiger partial charge in [-0.15, -0.1) is 0 Å². The summed E-state index contributed by atoms with van der Waals surface area (Å²) in [6.07, 6.45) is 0.339. The van der Waals surface area contributed by atoms with E-state index in [1.807, 2.05) is 6.07 Å². The molecule has 18 heavy (non-hydrogen) atoms. The highest BCUT2D eigenvalue weighted by Gasteiger charge is 2.07. The van der Waals surface area contributed by atoms with Gasteiger partial charge in [0.15, 0.2) is 0 Å². The molecule has 100 valence electrons. The standard InChI is InChI=1S/C14H21NO3/c1-10(2)11-5-6-13(17-3)12(9-11)15-8-7-14(16)18-4/h5-6,9-10,15H,7-8H2,1-4H3. The van der Waals surface area contributed by atoms with E-state index in [0.717, 1.165) is 11.4 Å². The molecule has 0 amide bonds. The molecule has 0 saturated carbocycles. The molecule has 0 heterocycles. The number of carbonyl (C=O) groups excluding carboxylic acids is 1. The van der Waals surface area contributed by atoms with Crippen LogP contribution in [0, 0.1) is 0 Å². The third-order valence-corrected chi connectivity index (χ3v) is 2.76. The van der Waals surface area contributed by atoms with Crippen molar-refractivity contribution in [2.45, 2.75) is 26.2 Å². The molecule has 4 heteroatoms. The minimum absolute atomic E-state index is 0.221. The molecule has 1 aromatic rings. The van der Waals surface area contributed by atoms with Gasteiger partial charge >= 0.3 is 5.97 Å². The Morgan fingerprint density at radius 2 is 2.06 bits per heavy atom. The van der Waals surface area contributed by atoms with Gasteiger partial charge in [-0.1, -0.05) is 19.9 Å². The summed E-state index contributed by atoms with van der Waals surface area (Å²) < 4.78 is 9.88. The van der Waals surface area contributed by atoms with Crippen LogP contribution >= 0.6 is 0 Å². The Kier molecular flexibility index (Phi) is 5.49. The zero-order valence-electron chi connectivity index (χ0n) is 11.4. The molecule has 4 nitrogen and oxygen atoms in total. The highest BCUT2D eigenvalue weighted by Crippen LogP contribution is 2.28. The summed E-state index contributed by atoms with van der Waals surface area (Å²) >= 11 is 0. The predicted molar refractivity (Wildman–Crippen MR) is 72.2 cm³/mol. The van der Waals surface area contributed by atoms with Crippen molar-refractivity contribution in [2.24, 2.45) is 0 Å². The summed E-state index contributed by atoms with van der Waals surface area (Å²) in [6, 6.07) is 6.05. The van der Waals surface area contributed by atoms with Gasteiger partial charge in [0.05, 0.1) is 26.3 Å². The van der Waals surface area contributed by atoms with E-state index in [0.29, 0.717) is 18.9 Å². The molecule has 0 aliphatic rings. The van der Waals surface area contributed by atoms with Crippen LogP contribution in [0.3, 0.4) is 0 Å². The first-order chi connectivity index (χ1) is 8.58. The highest BCUT2D eigenvalue weighted by molar-refractivity contribution is 5.70. The van der Waals surface area contributed by atoms with Crippen LogP contribution in [0.25, 0.3) is 0 Å². The third kappa shape index (κ3) is 3.95. The molecule has 0 aromatic heterocycles. The molecule has 0 aliphatic heterocycles. The Balaban J connectivity index is 2.72. The van der Waals surface area contributed by atoms with Crippen LogP contribution in [0.1, 0.15) is 31.7 Å². The Labute approximate surface area is 108 Å². The summed E-state index contributed by atoms with van der Waals surface area (Å²) in [6.45, 7) is 4.81. The zero-order chi connectivity index (χ0) is 13.5. The van der Waals surface area contributed by atoms with Crippen LogP contribution in [0.2, 0.25) is 0 Å². The van der Waals surface area contributed by atoms with Crippen molar-refractivity contribution in [3.05, 3.63) is 23.8 Å². The van der Waals surface area contributed by atoms with Gasteiger partial charge in [-0.25, -0.2) is 0 Å². The minimum Gasteiger partial charge on any atom is -0.495 e. The van der Waals surface area contributed by atoms with Crippen molar-refractivity contribution in [2.75, 3.05) is 26.1 Å². The van der Waals surface area contributed by atoms with E-state index in [1.54, 1.807) is 7.11 Å². The van der Waals surface area contributed by atoms with Crippen LogP contribution < -0.4 is 10.1 Å². The predicted octanol–water partition coefficient (Wildman–Crippen LogP) is 2.79. The third-order valence-electron chi connectivity index (χ3n) is 2.76. The monoisotopic (exact) mass is 251 g/mol. The van der Waals surface area contributed by atoms with Gasteiger partial charge in [-0.2, -0.15) is 0 Å². The van der Waals surface area contributed by atoms with E-state index >= 15 is 0 Å². The number of anilines is 1. The fraction of sp³-hybridized carbons (Fsp3) is 0.500. The lowest BCUT2D eigenvalue weighted by molar-refractivity contribution is -0.140. The van der Waals surface area contributed by atoms with Crippen molar-refractivity contribution in [1.29, 1.82) is 0 Å². The molecule has 0 atom stereocenters. The van der Waals surface area contributed by atoms with Gasteiger partial charge in [0.1, 0.15) is 5.75 Å². The molecule has 0 unspecified atom stereocenters. The molecule has 1 N–H and O–H groups in total. The van der Waals surface area contributed by atoms with Crippen molar-refractivity contribution in [1.82, 2.24) is 0 Å². The van der Waals surface area contributed by atoms with Crippen molar-refractivity contribution >= 4 is 11.7 Å². The lowest BCUT2D eigenvalue weighted by Crippen LogP contribution is -2.10. The Morgan fingerprint density at radius 1 is 1.33 bits per heavy atom. The number of hydrogen-bond acceptors (Lipinski definition) is 4. The largest absolute Gasteiger partial charge is 0.495 e. The Bertz CT molecular complexity index is 402. The summed E-state index contributed by atoms with van der Waals surface area (Å²) in [7, 11) is 3.03. The average molecular weight is 251 g/mol. The van der Waals surface area contributed by atoms with Crippen LogP contribution in [-0.4, -0.2) is 26.7 Å². The maximum absolute atomic E-state index is 11.0.